The van der Waals surface area contributed by atoms with Gasteiger partial charge in [0.05, 0.1) is 24.0 Å². The van der Waals surface area contributed by atoms with Gasteiger partial charge in [0, 0.05) is 35.7 Å². The molecule has 184 valence electrons. The van der Waals surface area contributed by atoms with E-state index in [1.54, 1.807) is 11.8 Å². The van der Waals surface area contributed by atoms with Crippen LogP contribution in [0.15, 0.2) is 64.7 Å². The fourth-order valence-corrected chi connectivity index (χ4v) is 6.16. The highest BCUT2D eigenvalue weighted by Gasteiger charge is 2.42. The third-order valence-electron chi connectivity index (χ3n) is 7.45. The molecule has 0 aromatic heterocycles. The molecule has 0 spiro atoms. The molecule has 2 aromatic rings. The van der Waals surface area contributed by atoms with Crippen LogP contribution in [-0.2, 0) is 9.59 Å². The number of likely N-dealkylation sites (tertiary alicyclic amines) is 1. The van der Waals surface area contributed by atoms with Gasteiger partial charge in [-0.25, -0.2) is 0 Å². The largest absolute Gasteiger partial charge is 0.357 e. The Bertz CT molecular complexity index is 1150. The van der Waals surface area contributed by atoms with Crippen molar-refractivity contribution in [1.82, 2.24) is 4.90 Å². The zero-order chi connectivity index (χ0) is 24.6. The van der Waals surface area contributed by atoms with Gasteiger partial charge in [-0.3, -0.25) is 9.59 Å². The minimum Gasteiger partial charge on any atom is -0.357 e. The highest BCUT2D eigenvalue weighted by Crippen LogP contribution is 2.48. The monoisotopic (exact) mass is 489 g/mol. The lowest BCUT2D eigenvalue weighted by atomic mass is 9.73. The lowest BCUT2D eigenvalue weighted by Crippen LogP contribution is -2.45. The van der Waals surface area contributed by atoms with Crippen LogP contribution in [0, 0.1) is 5.41 Å². The molecule has 3 aliphatic rings. The molecule has 1 atom stereocenters. The smallest absolute Gasteiger partial charge is 0.242 e. The zero-order valence-electron chi connectivity index (χ0n) is 21.0. The van der Waals surface area contributed by atoms with E-state index in [4.69, 9.17) is 0 Å². The molecule has 1 aliphatic carbocycles. The number of allylic oxidation sites excluding steroid dienone is 1. The van der Waals surface area contributed by atoms with Crippen molar-refractivity contribution in [2.45, 2.75) is 56.9 Å². The second kappa shape index (κ2) is 9.73. The fourth-order valence-electron chi connectivity index (χ4n) is 5.75. The van der Waals surface area contributed by atoms with Gasteiger partial charge in [0.15, 0.2) is 5.78 Å². The summed E-state index contributed by atoms with van der Waals surface area (Å²) in [6.45, 7) is 6.21. The fraction of sp³-hybridized carbons (Fsp3) is 0.448. The summed E-state index contributed by atoms with van der Waals surface area (Å²) < 4.78 is 0. The number of nitrogens with zero attached hydrogens (tertiary/aromatic N) is 2. The van der Waals surface area contributed by atoms with Gasteiger partial charge < -0.3 is 15.1 Å². The van der Waals surface area contributed by atoms with Crippen LogP contribution in [0.2, 0.25) is 0 Å². The summed E-state index contributed by atoms with van der Waals surface area (Å²) in [6.07, 6.45) is 6.69. The molecule has 6 heteroatoms. The maximum absolute atomic E-state index is 13.8. The first-order valence-electron chi connectivity index (χ1n) is 12.7. The van der Waals surface area contributed by atoms with Crippen molar-refractivity contribution in [3.8, 4) is 0 Å². The van der Waals surface area contributed by atoms with Crippen molar-refractivity contribution >= 4 is 34.8 Å². The SMILES string of the molecule is CSc1ccc(C2C3=C(CC(C)(C)CC3=O)Nc3ccccc3N2CC(=O)N2CCCCC2)cc1. The van der Waals surface area contributed by atoms with Crippen molar-refractivity contribution < 1.29 is 9.59 Å². The number of thioether (sulfide) groups is 1. The number of rotatable bonds is 4. The van der Waals surface area contributed by atoms with Crippen molar-refractivity contribution in [1.29, 1.82) is 0 Å². The summed E-state index contributed by atoms with van der Waals surface area (Å²) in [5.74, 6) is 0.309. The molecular weight excluding hydrogens is 454 g/mol. The van der Waals surface area contributed by atoms with Crippen molar-refractivity contribution in [2.75, 3.05) is 36.1 Å². The minimum atomic E-state index is -0.311. The lowest BCUT2D eigenvalue weighted by Gasteiger charge is -2.39. The second-order valence-electron chi connectivity index (χ2n) is 10.7. The van der Waals surface area contributed by atoms with E-state index in [2.05, 4.69) is 66.7 Å². The van der Waals surface area contributed by atoms with Gasteiger partial charge >= 0.3 is 0 Å². The predicted octanol–water partition coefficient (Wildman–Crippen LogP) is 6.04. The number of carbonyl (C=O) groups excluding carboxylic acids is 2. The van der Waals surface area contributed by atoms with E-state index >= 15 is 0 Å². The third kappa shape index (κ3) is 4.86. The summed E-state index contributed by atoms with van der Waals surface area (Å²) in [7, 11) is 0. The van der Waals surface area contributed by atoms with Gasteiger partial charge in [0.2, 0.25) is 5.91 Å². The number of nitrogens with one attached hydrogen (secondary N) is 1. The Labute approximate surface area is 213 Å². The van der Waals surface area contributed by atoms with Crippen molar-refractivity contribution in [3.63, 3.8) is 0 Å². The maximum Gasteiger partial charge on any atom is 0.242 e. The quantitative estimate of drug-likeness (QED) is 0.531. The molecule has 35 heavy (non-hydrogen) atoms. The molecular formula is C29H35N3O2S. The Morgan fingerprint density at radius 3 is 2.46 bits per heavy atom. The number of hydrogen-bond donors (Lipinski definition) is 1. The van der Waals surface area contributed by atoms with Gasteiger partial charge in [-0.05, 0) is 67.2 Å². The van der Waals surface area contributed by atoms with Gasteiger partial charge in [0.1, 0.15) is 0 Å². The van der Waals surface area contributed by atoms with E-state index in [1.165, 1.54) is 11.3 Å². The molecule has 1 N–H and O–H groups in total. The number of amides is 1. The standard InChI is InChI=1S/C29H35N3O2S/c1-29(2)17-23-27(25(33)18-29)28(20-11-13-21(35-3)14-12-20)32(24-10-6-5-9-22(24)30-23)19-26(34)31-15-7-4-8-16-31/h5-6,9-14,28,30H,4,7-8,15-19H2,1-3H3. The molecule has 2 aromatic carbocycles. The molecule has 1 amide bonds. The first-order chi connectivity index (χ1) is 16.9. The number of carbonyl (C=O) groups is 2. The molecule has 0 radical (unpaired) electrons. The average molecular weight is 490 g/mol. The Kier molecular flexibility index (Phi) is 6.67. The zero-order valence-corrected chi connectivity index (χ0v) is 21.8. The normalized spacial score (nSPS) is 21.7. The Hall–Kier alpha value is -2.73. The van der Waals surface area contributed by atoms with Crippen LogP contribution in [0.5, 0.6) is 0 Å². The van der Waals surface area contributed by atoms with Crippen LogP contribution in [0.25, 0.3) is 0 Å². The Morgan fingerprint density at radius 1 is 1.03 bits per heavy atom. The van der Waals surface area contributed by atoms with Gasteiger partial charge in [-0.15, -0.1) is 11.8 Å². The topological polar surface area (TPSA) is 52.7 Å². The molecule has 1 saturated heterocycles. The second-order valence-corrected chi connectivity index (χ2v) is 11.6. The molecule has 2 heterocycles. The average Bonchev–Trinajstić information content (AvgIpc) is 2.98. The number of ketones is 1. The van der Waals surface area contributed by atoms with E-state index in [0.717, 1.165) is 60.6 Å². The van der Waals surface area contributed by atoms with E-state index in [0.29, 0.717) is 6.42 Å². The summed E-state index contributed by atoms with van der Waals surface area (Å²) in [5, 5.41) is 3.64. The molecule has 1 unspecified atom stereocenters. The number of hydrogen-bond acceptors (Lipinski definition) is 5. The third-order valence-corrected chi connectivity index (χ3v) is 8.19. The molecule has 2 aliphatic heterocycles. The summed E-state index contributed by atoms with van der Waals surface area (Å²) >= 11 is 1.70. The number of benzene rings is 2. The first kappa shape index (κ1) is 24.0. The first-order valence-corrected chi connectivity index (χ1v) is 13.9. The van der Waals surface area contributed by atoms with E-state index in [9.17, 15) is 9.59 Å². The maximum atomic E-state index is 13.8. The predicted molar refractivity (Wildman–Crippen MR) is 144 cm³/mol. The number of anilines is 2. The highest BCUT2D eigenvalue weighted by molar-refractivity contribution is 7.98. The van der Waals surface area contributed by atoms with E-state index in [-0.39, 0.29) is 29.7 Å². The number of Topliss-reactive ketones (excluding diaryl/α,β-unsaturated/α-hetero) is 1. The molecule has 1 fully saturated rings. The van der Waals surface area contributed by atoms with E-state index < -0.39 is 0 Å². The van der Waals surface area contributed by atoms with Crippen molar-refractivity contribution in [2.24, 2.45) is 5.41 Å². The van der Waals surface area contributed by atoms with Crippen LogP contribution in [0.1, 0.15) is 57.6 Å². The molecule has 0 bridgehead atoms. The highest BCUT2D eigenvalue weighted by atomic mass is 32.2. The van der Waals surface area contributed by atoms with Crippen molar-refractivity contribution in [3.05, 3.63) is 65.4 Å². The van der Waals surface area contributed by atoms with Gasteiger partial charge in [-0.2, -0.15) is 0 Å². The van der Waals surface area contributed by atoms with Crippen LogP contribution in [-0.4, -0.2) is 42.5 Å². The van der Waals surface area contributed by atoms with Crippen LogP contribution in [0.3, 0.4) is 0 Å². The van der Waals surface area contributed by atoms with Crippen LogP contribution in [0.4, 0.5) is 11.4 Å². The Balaban J connectivity index is 1.65. The lowest BCUT2D eigenvalue weighted by molar-refractivity contribution is -0.130. The van der Waals surface area contributed by atoms with Crippen LogP contribution < -0.4 is 10.2 Å². The molecule has 5 nitrogen and oxygen atoms in total. The number of para-hydroxylation sites is 2. The van der Waals surface area contributed by atoms with Gasteiger partial charge in [0.25, 0.3) is 0 Å². The number of fused-ring (bicyclic) bond motifs is 1. The number of piperidine rings is 1. The molecule has 5 rings (SSSR count). The van der Waals surface area contributed by atoms with Crippen LogP contribution >= 0.6 is 11.8 Å². The minimum absolute atomic E-state index is 0.107. The summed E-state index contributed by atoms with van der Waals surface area (Å²) in [5.41, 5.74) is 4.67. The summed E-state index contributed by atoms with van der Waals surface area (Å²) in [6, 6.07) is 16.3. The summed E-state index contributed by atoms with van der Waals surface area (Å²) in [4.78, 5) is 32.7. The van der Waals surface area contributed by atoms with E-state index in [1.807, 2.05) is 17.0 Å². The Morgan fingerprint density at radius 2 is 1.74 bits per heavy atom. The molecule has 0 saturated carbocycles. The van der Waals surface area contributed by atoms with Gasteiger partial charge in [-0.1, -0.05) is 38.1 Å².